The zero-order valence-electron chi connectivity index (χ0n) is 11.6. The summed E-state index contributed by atoms with van der Waals surface area (Å²) in [6.45, 7) is 2.76. The summed E-state index contributed by atoms with van der Waals surface area (Å²) in [5.41, 5.74) is 2.60. The fourth-order valence-electron chi connectivity index (χ4n) is 1.79. The Morgan fingerprint density at radius 1 is 1.29 bits per heavy atom. The smallest absolute Gasteiger partial charge is 0.419 e. The van der Waals surface area contributed by atoms with Crippen molar-refractivity contribution in [1.82, 2.24) is 0 Å². The number of ether oxygens (including phenoxy) is 1. The molecule has 1 atom stereocenters. The van der Waals surface area contributed by atoms with Crippen molar-refractivity contribution in [2.45, 2.75) is 26.1 Å². The maximum Gasteiger partial charge on any atom is 0.419 e. The van der Waals surface area contributed by atoms with Crippen LogP contribution in [-0.4, -0.2) is 13.1 Å². The van der Waals surface area contributed by atoms with Gasteiger partial charge in [-0.15, -0.1) is 12.4 Å². The number of carbonyl (C=O) groups excluding carboxylic acids is 1. The van der Waals surface area contributed by atoms with E-state index in [1.807, 2.05) is 0 Å². The first-order valence-electron chi connectivity index (χ1n) is 5.73. The molecule has 0 saturated heterocycles. The highest BCUT2D eigenvalue weighted by molar-refractivity contribution is 5.85. The zero-order chi connectivity index (χ0) is 15.7. The molecule has 1 aromatic carbocycles. The Balaban J connectivity index is 0.00000400. The minimum atomic E-state index is -4.82. The van der Waals surface area contributed by atoms with Gasteiger partial charge < -0.3 is 10.5 Å². The number of alkyl halides is 3. The van der Waals surface area contributed by atoms with Crippen molar-refractivity contribution >= 4 is 18.4 Å². The van der Waals surface area contributed by atoms with Gasteiger partial charge in [0.25, 0.3) is 0 Å². The lowest BCUT2D eigenvalue weighted by Gasteiger charge is -2.29. The predicted octanol–water partition coefficient (Wildman–Crippen LogP) is 3.47. The van der Waals surface area contributed by atoms with E-state index in [1.165, 1.54) is 13.8 Å². The molecule has 0 amide bonds. The molecule has 2 N–H and O–H groups in total. The molecule has 0 radical (unpaired) electrons. The van der Waals surface area contributed by atoms with Gasteiger partial charge in [-0.1, -0.05) is 12.1 Å². The number of methoxy groups -OCH3 is 1. The number of hydrogen-bond acceptors (Lipinski definition) is 3. The largest absolute Gasteiger partial charge is 0.469 e. The van der Waals surface area contributed by atoms with Crippen LogP contribution in [0.15, 0.2) is 18.2 Å². The molecule has 8 heteroatoms. The molecule has 0 fully saturated rings. The highest BCUT2D eigenvalue weighted by Crippen LogP contribution is 2.38. The molecule has 0 aliphatic carbocycles. The molecule has 1 aromatic rings. The van der Waals surface area contributed by atoms with Gasteiger partial charge in [0.1, 0.15) is 5.82 Å². The van der Waals surface area contributed by atoms with Gasteiger partial charge in [-0.3, -0.25) is 4.79 Å². The second-order valence-corrected chi connectivity index (χ2v) is 4.90. The Hall–Kier alpha value is -1.34. The Labute approximate surface area is 125 Å². The molecule has 1 rings (SSSR count). The number of nitrogens with two attached hydrogens (primary N) is 1. The minimum absolute atomic E-state index is 0. The van der Waals surface area contributed by atoms with E-state index in [9.17, 15) is 22.4 Å². The van der Waals surface area contributed by atoms with Gasteiger partial charge in [0.15, 0.2) is 0 Å². The third-order valence-electron chi connectivity index (χ3n) is 3.16. The van der Waals surface area contributed by atoms with Crippen molar-refractivity contribution in [3.63, 3.8) is 0 Å². The SMILES string of the molecule is COC(=O)C(C)(C)[C@H](N)c1cccc(C(F)(F)F)c1F.Cl. The van der Waals surface area contributed by atoms with Crippen molar-refractivity contribution in [2.24, 2.45) is 11.1 Å². The number of carbonyl (C=O) groups is 1. The number of benzene rings is 1. The normalized spacial score (nSPS) is 13.3. The van der Waals surface area contributed by atoms with E-state index >= 15 is 0 Å². The standard InChI is InChI=1S/C13H15F4NO2.ClH/c1-12(2,11(19)20-3)10(18)7-5-4-6-8(9(7)14)13(15,16)17;/h4-6,10H,18H2,1-3H3;1H/t10-;/m1./s1. The molecule has 21 heavy (non-hydrogen) atoms. The molecule has 0 aliphatic rings. The maximum atomic E-state index is 14.0. The van der Waals surface area contributed by atoms with Crippen molar-refractivity contribution in [2.75, 3.05) is 7.11 Å². The van der Waals surface area contributed by atoms with Crippen LogP contribution in [0.25, 0.3) is 0 Å². The third kappa shape index (κ3) is 3.85. The van der Waals surface area contributed by atoms with Crippen LogP contribution < -0.4 is 5.73 Å². The lowest BCUT2D eigenvalue weighted by Crippen LogP contribution is -2.38. The molecule has 0 saturated carbocycles. The summed E-state index contributed by atoms with van der Waals surface area (Å²) in [4.78, 5) is 11.6. The molecular formula is C13H16ClF4NO2. The number of hydrogen-bond donors (Lipinski definition) is 1. The van der Waals surface area contributed by atoms with E-state index < -0.39 is 35.0 Å². The first kappa shape index (κ1) is 19.7. The van der Waals surface area contributed by atoms with Crippen molar-refractivity contribution < 1.29 is 27.1 Å². The summed E-state index contributed by atoms with van der Waals surface area (Å²) >= 11 is 0. The Morgan fingerprint density at radius 2 is 1.81 bits per heavy atom. The Kier molecular flexibility index (Phi) is 6.19. The lowest BCUT2D eigenvalue weighted by atomic mass is 9.80. The van der Waals surface area contributed by atoms with Gasteiger partial charge >= 0.3 is 12.1 Å². The van der Waals surface area contributed by atoms with Crippen LogP contribution in [-0.2, 0) is 15.7 Å². The lowest BCUT2D eigenvalue weighted by molar-refractivity contribution is -0.152. The second kappa shape index (κ2) is 6.62. The molecule has 0 unspecified atom stereocenters. The average molecular weight is 330 g/mol. The molecule has 0 heterocycles. The summed E-state index contributed by atoms with van der Waals surface area (Å²) < 4.78 is 56.4. The van der Waals surface area contributed by atoms with E-state index in [2.05, 4.69) is 4.74 Å². The maximum absolute atomic E-state index is 14.0. The van der Waals surface area contributed by atoms with Crippen LogP contribution in [0, 0.1) is 11.2 Å². The quantitative estimate of drug-likeness (QED) is 0.682. The summed E-state index contributed by atoms with van der Waals surface area (Å²) in [7, 11) is 1.12. The summed E-state index contributed by atoms with van der Waals surface area (Å²) in [6.07, 6.45) is -4.82. The van der Waals surface area contributed by atoms with E-state index in [0.29, 0.717) is 6.07 Å². The second-order valence-electron chi connectivity index (χ2n) is 4.90. The van der Waals surface area contributed by atoms with Crippen LogP contribution in [0.3, 0.4) is 0 Å². The Bertz CT molecular complexity index is 517. The summed E-state index contributed by atoms with van der Waals surface area (Å²) in [5, 5.41) is 0. The molecule has 0 bridgehead atoms. The van der Waals surface area contributed by atoms with Crippen LogP contribution in [0.5, 0.6) is 0 Å². The van der Waals surface area contributed by atoms with E-state index in [1.54, 1.807) is 0 Å². The first-order valence-corrected chi connectivity index (χ1v) is 5.73. The van der Waals surface area contributed by atoms with Crippen LogP contribution in [0.2, 0.25) is 0 Å². The van der Waals surface area contributed by atoms with E-state index in [0.717, 1.165) is 19.2 Å². The molecule has 120 valence electrons. The van der Waals surface area contributed by atoms with Gasteiger partial charge in [0, 0.05) is 11.6 Å². The van der Waals surface area contributed by atoms with Gasteiger partial charge in [-0.05, 0) is 19.9 Å². The molecule has 0 spiro atoms. The van der Waals surface area contributed by atoms with Crippen molar-refractivity contribution in [1.29, 1.82) is 0 Å². The molecule has 0 aromatic heterocycles. The average Bonchev–Trinajstić information content (AvgIpc) is 2.35. The van der Waals surface area contributed by atoms with Crippen LogP contribution in [0.4, 0.5) is 17.6 Å². The van der Waals surface area contributed by atoms with Gasteiger partial charge in [0.2, 0.25) is 0 Å². The van der Waals surface area contributed by atoms with Crippen molar-refractivity contribution in [3.05, 3.63) is 35.1 Å². The van der Waals surface area contributed by atoms with Gasteiger partial charge in [-0.2, -0.15) is 13.2 Å². The monoisotopic (exact) mass is 329 g/mol. The Morgan fingerprint density at radius 3 is 2.24 bits per heavy atom. The number of halogens is 5. The highest BCUT2D eigenvalue weighted by Gasteiger charge is 2.41. The number of rotatable bonds is 3. The fourth-order valence-corrected chi connectivity index (χ4v) is 1.79. The predicted molar refractivity (Wildman–Crippen MR) is 71.4 cm³/mol. The minimum Gasteiger partial charge on any atom is -0.469 e. The zero-order valence-corrected chi connectivity index (χ0v) is 12.4. The first-order chi connectivity index (χ1) is 9.03. The fraction of sp³-hybridized carbons (Fsp3) is 0.462. The highest BCUT2D eigenvalue weighted by atomic mass is 35.5. The van der Waals surface area contributed by atoms with E-state index in [4.69, 9.17) is 5.73 Å². The van der Waals surface area contributed by atoms with E-state index in [-0.39, 0.29) is 18.0 Å². The van der Waals surface area contributed by atoms with Gasteiger partial charge in [0.05, 0.1) is 18.1 Å². The summed E-state index contributed by atoms with van der Waals surface area (Å²) in [5.74, 6) is -2.20. The molecule has 3 nitrogen and oxygen atoms in total. The van der Waals surface area contributed by atoms with Crippen LogP contribution >= 0.6 is 12.4 Å². The molecular weight excluding hydrogens is 314 g/mol. The van der Waals surface area contributed by atoms with Gasteiger partial charge in [-0.25, -0.2) is 4.39 Å². The molecule has 0 aliphatic heterocycles. The number of esters is 1. The topological polar surface area (TPSA) is 52.3 Å². The third-order valence-corrected chi connectivity index (χ3v) is 3.16. The van der Waals surface area contributed by atoms with Crippen LogP contribution in [0.1, 0.15) is 31.0 Å². The van der Waals surface area contributed by atoms with Crippen molar-refractivity contribution in [3.8, 4) is 0 Å². The summed E-state index contributed by atoms with van der Waals surface area (Å²) in [6, 6.07) is 1.53.